The van der Waals surface area contributed by atoms with Crippen molar-refractivity contribution in [2.75, 3.05) is 31.6 Å². The second-order valence-electron chi connectivity index (χ2n) is 7.98. The Bertz CT molecular complexity index is 905. The third kappa shape index (κ3) is 4.11. The summed E-state index contributed by atoms with van der Waals surface area (Å²) in [5.41, 5.74) is 4.93. The molecule has 1 aromatic heterocycles. The van der Waals surface area contributed by atoms with Gasteiger partial charge in [-0.1, -0.05) is 17.7 Å². The van der Waals surface area contributed by atoms with Gasteiger partial charge in [0.05, 0.1) is 13.2 Å². The van der Waals surface area contributed by atoms with Crippen LogP contribution in [0.5, 0.6) is 0 Å². The van der Waals surface area contributed by atoms with Gasteiger partial charge in [-0.25, -0.2) is 9.97 Å². The topological polar surface area (TPSA) is 76.6 Å². The molecule has 0 atom stereocenters. The second-order valence-corrected chi connectivity index (χ2v) is 7.98. The Morgan fingerprint density at radius 2 is 1.62 bits per heavy atom. The highest BCUT2D eigenvalue weighted by Crippen LogP contribution is 2.32. The summed E-state index contributed by atoms with van der Waals surface area (Å²) in [7, 11) is 0. The minimum atomic E-state index is -0.494. The molecule has 0 unspecified atom stereocenters. The molecule has 1 spiro atoms. The summed E-state index contributed by atoms with van der Waals surface area (Å²) in [6, 6.07) is 6.00. The monoisotopic (exact) mass is 396 g/mol. The fraction of sp³-hybridized carbons (Fsp3) is 0.500. The molecule has 2 aromatic rings. The first-order chi connectivity index (χ1) is 13.8. The van der Waals surface area contributed by atoms with Gasteiger partial charge in [0.15, 0.2) is 5.79 Å². The number of nitrogens with one attached hydrogen (secondary N) is 1. The number of benzene rings is 1. The molecular formula is C22H28N4O3. The van der Waals surface area contributed by atoms with Crippen LogP contribution in [0.4, 0.5) is 11.5 Å². The Morgan fingerprint density at radius 1 is 1.00 bits per heavy atom. The van der Waals surface area contributed by atoms with Crippen LogP contribution in [0.25, 0.3) is 0 Å². The van der Waals surface area contributed by atoms with E-state index < -0.39 is 5.79 Å². The Labute approximate surface area is 171 Å². The van der Waals surface area contributed by atoms with Crippen LogP contribution in [0, 0.1) is 27.7 Å². The van der Waals surface area contributed by atoms with E-state index in [1.165, 1.54) is 5.56 Å². The minimum absolute atomic E-state index is 0.0799. The molecule has 4 rings (SSSR count). The van der Waals surface area contributed by atoms with E-state index in [-0.39, 0.29) is 5.91 Å². The second kappa shape index (κ2) is 7.72. The fourth-order valence-electron chi connectivity index (χ4n) is 4.24. The van der Waals surface area contributed by atoms with Crippen molar-refractivity contribution in [1.29, 1.82) is 0 Å². The molecule has 7 heteroatoms. The first-order valence-electron chi connectivity index (χ1n) is 10.1. The average Bonchev–Trinajstić information content (AvgIpc) is 3.12. The van der Waals surface area contributed by atoms with Crippen LogP contribution in [0.15, 0.2) is 18.2 Å². The molecule has 154 valence electrons. The van der Waals surface area contributed by atoms with E-state index >= 15 is 0 Å². The van der Waals surface area contributed by atoms with E-state index in [1.807, 2.05) is 11.8 Å². The van der Waals surface area contributed by atoms with E-state index in [0.29, 0.717) is 56.5 Å². The third-order valence-electron chi connectivity index (χ3n) is 5.61. The maximum Gasteiger partial charge on any atom is 0.272 e. The summed E-state index contributed by atoms with van der Waals surface area (Å²) in [5, 5.41) is 3.38. The van der Waals surface area contributed by atoms with Gasteiger partial charge in [-0.05, 0) is 38.8 Å². The van der Waals surface area contributed by atoms with Gasteiger partial charge in [0.1, 0.15) is 17.3 Å². The van der Waals surface area contributed by atoms with Crippen LogP contribution >= 0.6 is 0 Å². The number of likely N-dealkylation sites (tertiary alicyclic amines) is 1. The minimum Gasteiger partial charge on any atom is -0.347 e. The van der Waals surface area contributed by atoms with E-state index in [2.05, 4.69) is 48.2 Å². The van der Waals surface area contributed by atoms with Crippen molar-refractivity contribution in [2.45, 2.75) is 46.3 Å². The van der Waals surface area contributed by atoms with Crippen molar-refractivity contribution in [3.8, 4) is 0 Å². The average molecular weight is 396 g/mol. The zero-order valence-corrected chi connectivity index (χ0v) is 17.5. The molecule has 2 aliphatic heterocycles. The number of hydrogen-bond donors (Lipinski definition) is 1. The van der Waals surface area contributed by atoms with Gasteiger partial charge in [0.25, 0.3) is 5.91 Å². The maximum absolute atomic E-state index is 13.1. The molecule has 0 bridgehead atoms. The van der Waals surface area contributed by atoms with E-state index in [0.717, 1.165) is 16.8 Å². The molecule has 7 nitrogen and oxygen atoms in total. The van der Waals surface area contributed by atoms with Gasteiger partial charge in [0.2, 0.25) is 0 Å². The van der Waals surface area contributed by atoms with Crippen molar-refractivity contribution in [3.63, 3.8) is 0 Å². The standard InChI is InChI=1S/C22H28N4O3/c1-14-11-15(2)20(16(3)12-14)25-19-13-18(23-17(4)24-19)21(27)26-7-5-22(6-8-26)28-9-10-29-22/h11-13H,5-10H2,1-4H3,(H,23,24,25). The van der Waals surface area contributed by atoms with Crippen molar-refractivity contribution < 1.29 is 14.3 Å². The molecule has 29 heavy (non-hydrogen) atoms. The zero-order valence-electron chi connectivity index (χ0n) is 17.5. The number of hydrogen-bond acceptors (Lipinski definition) is 6. The number of anilines is 2. The van der Waals surface area contributed by atoms with Gasteiger partial charge in [-0.15, -0.1) is 0 Å². The van der Waals surface area contributed by atoms with Crippen LogP contribution < -0.4 is 5.32 Å². The third-order valence-corrected chi connectivity index (χ3v) is 5.61. The van der Waals surface area contributed by atoms with E-state index in [1.54, 1.807) is 6.07 Å². The van der Waals surface area contributed by atoms with Crippen LogP contribution in [0.1, 0.15) is 45.8 Å². The number of amides is 1. The lowest BCUT2D eigenvalue weighted by atomic mass is 10.0. The molecule has 2 aliphatic rings. The lowest BCUT2D eigenvalue weighted by Gasteiger charge is -2.37. The predicted octanol–water partition coefficient (Wildman–Crippen LogP) is 3.43. The maximum atomic E-state index is 13.1. The molecule has 1 N–H and O–H groups in total. The number of carbonyl (C=O) groups is 1. The first-order valence-corrected chi connectivity index (χ1v) is 10.1. The Hall–Kier alpha value is -2.51. The smallest absolute Gasteiger partial charge is 0.272 e. The van der Waals surface area contributed by atoms with Crippen LogP contribution in [-0.4, -0.2) is 52.9 Å². The summed E-state index contributed by atoms with van der Waals surface area (Å²) in [4.78, 5) is 23.8. The van der Waals surface area contributed by atoms with Crippen LogP contribution in [0.3, 0.4) is 0 Å². The normalized spacial score (nSPS) is 18.3. The molecule has 0 aliphatic carbocycles. The van der Waals surface area contributed by atoms with Gasteiger partial charge in [0, 0.05) is 37.7 Å². The first kappa shape index (κ1) is 19.8. The molecule has 0 saturated carbocycles. The van der Waals surface area contributed by atoms with Crippen molar-refractivity contribution in [2.24, 2.45) is 0 Å². The Balaban J connectivity index is 1.52. The molecule has 1 amide bonds. The lowest BCUT2D eigenvalue weighted by Crippen LogP contribution is -2.47. The number of ether oxygens (including phenoxy) is 2. The van der Waals surface area contributed by atoms with Gasteiger partial charge < -0.3 is 19.7 Å². The quantitative estimate of drug-likeness (QED) is 0.857. The molecule has 3 heterocycles. The number of aryl methyl sites for hydroxylation is 4. The molecular weight excluding hydrogens is 368 g/mol. The molecule has 2 fully saturated rings. The fourth-order valence-corrected chi connectivity index (χ4v) is 4.24. The SMILES string of the molecule is Cc1cc(C)c(Nc2cc(C(=O)N3CCC4(CC3)OCCO4)nc(C)n2)c(C)c1. The number of carbonyl (C=O) groups excluding carboxylic acids is 1. The predicted molar refractivity (Wildman–Crippen MR) is 110 cm³/mol. The number of aromatic nitrogens is 2. The zero-order chi connectivity index (χ0) is 20.6. The summed E-state index contributed by atoms with van der Waals surface area (Å²) < 4.78 is 11.5. The molecule has 1 aromatic carbocycles. The van der Waals surface area contributed by atoms with Gasteiger partial charge in [-0.2, -0.15) is 0 Å². The summed E-state index contributed by atoms with van der Waals surface area (Å²) in [5.74, 6) is 0.623. The van der Waals surface area contributed by atoms with Crippen molar-refractivity contribution in [3.05, 3.63) is 46.4 Å². The highest BCUT2D eigenvalue weighted by molar-refractivity contribution is 5.93. The van der Waals surface area contributed by atoms with E-state index in [4.69, 9.17) is 9.47 Å². The van der Waals surface area contributed by atoms with Crippen molar-refractivity contribution >= 4 is 17.4 Å². The summed E-state index contributed by atoms with van der Waals surface area (Å²) in [6.07, 6.45) is 1.38. The summed E-state index contributed by atoms with van der Waals surface area (Å²) >= 11 is 0. The largest absolute Gasteiger partial charge is 0.347 e. The van der Waals surface area contributed by atoms with E-state index in [9.17, 15) is 4.79 Å². The Morgan fingerprint density at radius 3 is 2.24 bits per heavy atom. The van der Waals surface area contributed by atoms with Gasteiger partial charge >= 0.3 is 0 Å². The van der Waals surface area contributed by atoms with Crippen LogP contribution in [-0.2, 0) is 9.47 Å². The number of piperidine rings is 1. The number of nitrogens with zero attached hydrogens (tertiary/aromatic N) is 3. The Kier molecular flexibility index (Phi) is 5.27. The highest BCUT2D eigenvalue weighted by Gasteiger charge is 2.41. The van der Waals surface area contributed by atoms with Gasteiger partial charge in [-0.3, -0.25) is 4.79 Å². The highest BCUT2D eigenvalue weighted by atomic mass is 16.7. The lowest BCUT2D eigenvalue weighted by molar-refractivity contribution is -0.181. The number of rotatable bonds is 3. The molecule has 2 saturated heterocycles. The van der Waals surface area contributed by atoms with Crippen LogP contribution in [0.2, 0.25) is 0 Å². The molecule has 0 radical (unpaired) electrons. The van der Waals surface area contributed by atoms with Crippen molar-refractivity contribution in [1.82, 2.24) is 14.9 Å². The summed E-state index contributed by atoms with van der Waals surface area (Å²) in [6.45, 7) is 10.5.